The molecule has 5 rings (SSSR count). The molecule has 2 amide bonds. The fourth-order valence-corrected chi connectivity index (χ4v) is 3.92. The van der Waals surface area contributed by atoms with Crippen LogP contribution in [-0.2, 0) is 22.3 Å². The summed E-state index contributed by atoms with van der Waals surface area (Å²) in [6.45, 7) is 1.02. The zero-order valence-electron chi connectivity index (χ0n) is 16.2. The number of nitrogens with one attached hydrogen (secondary N) is 1. The second-order valence-electron chi connectivity index (χ2n) is 7.89. The fourth-order valence-electron chi connectivity index (χ4n) is 3.92. The van der Waals surface area contributed by atoms with Crippen molar-refractivity contribution in [3.8, 4) is 11.4 Å². The number of ether oxygens (including phenoxy) is 1. The van der Waals surface area contributed by atoms with Gasteiger partial charge in [0.1, 0.15) is 0 Å². The first-order chi connectivity index (χ1) is 14.8. The van der Waals surface area contributed by atoms with Gasteiger partial charge in [-0.2, -0.15) is 18.2 Å². The number of hydrogen-bond donors (Lipinski definition) is 1. The van der Waals surface area contributed by atoms with Gasteiger partial charge in [0.05, 0.1) is 36.5 Å². The molecule has 0 aromatic carbocycles. The van der Waals surface area contributed by atoms with Crippen LogP contribution in [0.2, 0.25) is 0 Å². The Morgan fingerprint density at radius 3 is 2.77 bits per heavy atom. The maximum atomic E-state index is 13.1. The first-order valence-corrected chi connectivity index (χ1v) is 9.90. The first kappa shape index (κ1) is 19.9. The van der Waals surface area contributed by atoms with Crippen molar-refractivity contribution in [3.05, 3.63) is 29.4 Å². The molecule has 1 aliphatic carbocycles. The van der Waals surface area contributed by atoms with E-state index >= 15 is 0 Å². The lowest BCUT2D eigenvalue weighted by atomic mass is 10.0. The van der Waals surface area contributed by atoms with Gasteiger partial charge in [-0.3, -0.25) is 14.6 Å². The van der Waals surface area contributed by atoms with E-state index in [0.29, 0.717) is 25.3 Å². The normalized spacial score (nSPS) is 23.7. The molecule has 0 spiro atoms. The molecule has 3 aliphatic rings. The van der Waals surface area contributed by atoms with Gasteiger partial charge in [0.2, 0.25) is 11.7 Å². The summed E-state index contributed by atoms with van der Waals surface area (Å²) in [5.41, 5.74) is 0.931. The van der Waals surface area contributed by atoms with Crippen LogP contribution in [0.3, 0.4) is 0 Å². The monoisotopic (exact) mass is 437 g/mol. The van der Waals surface area contributed by atoms with E-state index in [-0.39, 0.29) is 53.3 Å². The van der Waals surface area contributed by atoms with Crippen molar-refractivity contribution >= 4 is 11.8 Å². The van der Waals surface area contributed by atoms with E-state index in [4.69, 9.17) is 4.74 Å². The molecular weight excluding hydrogens is 419 g/mol. The third-order valence-electron chi connectivity index (χ3n) is 5.70. The van der Waals surface area contributed by atoms with Crippen molar-refractivity contribution in [1.82, 2.24) is 25.3 Å². The molecule has 2 atom stereocenters. The number of amides is 2. The summed E-state index contributed by atoms with van der Waals surface area (Å²) in [6.07, 6.45) is -1.14. The number of carbonyl (C=O) groups is 2. The Hall–Kier alpha value is -3.02. The van der Waals surface area contributed by atoms with Gasteiger partial charge in [-0.1, -0.05) is 5.16 Å². The lowest BCUT2D eigenvalue weighted by Gasteiger charge is -2.38. The maximum Gasteiger partial charge on any atom is 0.471 e. The molecule has 2 aromatic heterocycles. The first-order valence-electron chi connectivity index (χ1n) is 9.90. The summed E-state index contributed by atoms with van der Waals surface area (Å²) >= 11 is 0. The lowest BCUT2D eigenvalue weighted by Crippen LogP contribution is -2.56. The number of carbonyl (C=O) groups excluding carboxylic acids is 2. The molecule has 2 aliphatic heterocycles. The van der Waals surface area contributed by atoms with Crippen molar-refractivity contribution in [2.45, 2.75) is 44.1 Å². The van der Waals surface area contributed by atoms with E-state index in [1.54, 1.807) is 4.90 Å². The highest BCUT2D eigenvalue weighted by molar-refractivity contribution is 5.99. The molecule has 31 heavy (non-hydrogen) atoms. The molecule has 0 radical (unpaired) electrons. The summed E-state index contributed by atoms with van der Waals surface area (Å²) in [7, 11) is 0. The number of fused-ring (bicyclic) bond motifs is 1. The number of halogens is 3. The molecule has 1 N–H and O–H groups in total. The third-order valence-corrected chi connectivity index (χ3v) is 5.70. The van der Waals surface area contributed by atoms with Crippen molar-refractivity contribution in [1.29, 1.82) is 0 Å². The summed E-state index contributed by atoms with van der Waals surface area (Å²) in [4.78, 5) is 34.6. The second kappa shape index (κ2) is 7.29. The molecule has 1 saturated carbocycles. The van der Waals surface area contributed by atoms with Gasteiger partial charge in [0, 0.05) is 24.3 Å². The molecule has 2 aromatic rings. The standard InChI is InChI=1S/C19H18F3N5O4/c20-19(21,22)18-25-15(26-31-18)10-5-11-12(23-6-10)7-27(17(11)29)14-3-4-30-8-13(14)24-16(28)9-1-2-9/h5-6,9,13-14H,1-4,7-8H2,(H,24,28)/t13-,14-/m1/s1. The van der Waals surface area contributed by atoms with Gasteiger partial charge in [0.15, 0.2) is 0 Å². The van der Waals surface area contributed by atoms with Crippen LogP contribution in [0.25, 0.3) is 11.4 Å². The number of pyridine rings is 1. The topological polar surface area (TPSA) is 110 Å². The zero-order chi connectivity index (χ0) is 21.8. The highest BCUT2D eigenvalue weighted by atomic mass is 19.4. The number of rotatable bonds is 4. The van der Waals surface area contributed by atoms with Crippen LogP contribution in [0, 0.1) is 5.92 Å². The molecule has 164 valence electrons. The van der Waals surface area contributed by atoms with Crippen LogP contribution in [0.15, 0.2) is 16.8 Å². The zero-order valence-corrected chi connectivity index (χ0v) is 16.2. The number of alkyl halides is 3. The van der Waals surface area contributed by atoms with Gasteiger partial charge in [-0.15, -0.1) is 0 Å². The predicted molar refractivity (Wildman–Crippen MR) is 96.3 cm³/mol. The van der Waals surface area contributed by atoms with E-state index in [1.165, 1.54) is 12.3 Å². The van der Waals surface area contributed by atoms with Gasteiger partial charge < -0.3 is 19.5 Å². The Bertz CT molecular complexity index is 1040. The summed E-state index contributed by atoms with van der Waals surface area (Å²) < 4.78 is 47.9. The Labute approximate surface area is 173 Å². The van der Waals surface area contributed by atoms with Gasteiger partial charge in [-0.25, -0.2) is 0 Å². The number of aromatic nitrogens is 3. The minimum atomic E-state index is -4.76. The quantitative estimate of drug-likeness (QED) is 0.777. The van der Waals surface area contributed by atoms with Crippen molar-refractivity contribution in [3.63, 3.8) is 0 Å². The van der Waals surface area contributed by atoms with Crippen LogP contribution < -0.4 is 5.32 Å². The van der Waals surface area contributed by atoms with Crippen LogP contribution in [0.5, 0.6) is 0 Å². The summed E-state index contributed by atoms with van der Waals surface area (Å²) in [5, 5.41) is 6.34. The predicted octanol–water partition coefficient (Wildman–Crippen LogP) is 1.79. The average molecular weight is 437 g/mol. The van der Waals surface area contributed by atoms with Crippen molar-refractivity contribution < 1.29 is 32.0 Å². The van der Waals surface area contributed by atoms with E-state index < -0.39 is 12.1 Å². The molecule has 0 bridgehead atoms. The highest BCUT2D eigenvalue weighted by Crippen LogP contribution is 2.33. The van der Waals surface area contributed by atoms with Crippen LogP contribution >= 0.6 is 0 Å². The maximum absolute atomic E-state index is 13.1. The van der Waals surface area contributed by atoms with Crippen molar-refractivity contribution in [2.24, 2.45) is 5.92 Å². The summed E-state index contributed by atoms with van der Waals surface area (Å²) in [5.74, 6) is -2.05. The Morgan fingerprint density at radius 2 is 2.06 bits per heavy atom. The molecule has 1 saturated heterocycles. The van der Waals surface area contributed by atoms with Gasteiger partial charge >= 0.3 is 12.1 Å². The average Bonchev–Trinajstić information content (AvgIpc) is 3.38. The van der Waals surface area contributed by atoms with Gasteiger partial charge in [-0.05, 0) is 25.3 Å². The Kier molecular flexibility index (Phi) is 4.68. The van der Waals surface area contributed by atoms with E-state index in [0.717, 1.165) is 12.8 Å². The largest absolute Gasteiger partial charge is 0.471 e. The fraction of sp³-hybridized carbons (Fsp3) is 0.526. The van der Waals surface area contributed by atoms with Crippen molar-refractivity contribution in [2.75, 3.05) is 13.2 Å². The molecule has 0 unspecified atom stereocenters. The number of nitrogens with zero attached hydrogens (tertiary/aromatic N) is 4. The van der Waals surface area contributed by atoms with Crippen LogP contribution in [0.4, 0.5) is 13.2 Å². The highest BCUT2D eigenvalue weighted by Gasteiger charge is 2.42. The molecule has 2 fully saturated rings. The van der Waals surface area contributed by atoms with E-state index in [2.05, 4.69) is 25.0 Å². The van der Waals surface area contributed by atoms with Crippen LogP contribution in [0.1, 0.15) is 41.2 Å². The lowest BCUT2D eigenvalue weighted by molar-refractivity contribution is -0.159. The smallest absolute Gasteiger partial charge is 0.379 e. The minimum Gasteiger partial charge on any atom is -0.379 e. The Balaban J connectivity index is 1.37. The van der Waals surface area contributed by atoms with E-state index in [1.807, 2.05) is 0 Å². The number of hydrogen-bond acceptors (Lipinski definition) is 7. The minimum absolute atomic E-state index is 0.0253. The molecule has 9 nitrogen and oxygen atoms in total. The SMILES string of the molecule is O=C(N[C@@H]1COCC[C@H]1N1Cc2ncc(-c3noc(C(F)(F)F)n3)cc2C1=O)C1CC1. The Morgan fingerprint density at radius 1 is 1.26 bits per heavy atom. The molecular formula is C19H18F3N5O4. The third kappa shape index (κ3) is 3.75. The van der Waals surface area contributed by atoms with Gasteiger partial charge in [0.25, 0.3) is 5.91 Å². The molecule has 12 heteroatoms. The summed E-state index contributed by atoms with van der Waals surface area (Å²) in [6, 6.07) is 0.835. The molecule has 4 heterocycles. The van der Waals surface area contributed by atoms with E-state index in [9.17, 15) is 22.8 Å². The second-order valence-corrected chi connectivity index (χ2v) is 7.89. The van der Waals surface area contributed by atoms with Crippen LogP contribution in [-0.4, -0.2) is 57.1 Å².